The van der Waals surface area contributed by atoms with Gasteiger partial charge in [0.25, 0.3) is 0 Å². The zero-order valence-corrected chi connectivity index (χ0v) is 57.0. The first-order valence-electron chi connectivity index (χ1n) is 34.2. The maximum atomic E-state index is 13.0. The second-order valence-corrected chi connectivity index (χ2v) is 28.7. The van der Waals surface area contributed by atoms with E-state index < -0.39 is 97.5 Å². The fourth-order valence-electron chi connectivity index (χ4n) is 9.78. The first-order chi connectivity index (χ1) is 40.6. The van der Waals surface area contributed by atoms with Crippen molar-refractivity contribution in [2.45, 2.75) is 337 Å². The van der Waals surface area contributed by atoms with Crippen LogP contribution in [-0.2, 0) is 65.4 Å². The zero-order valence-electron chi connectivity index (χ0n) is 55.2. The van der Waals surface area contributed by atoms with Crippen LogP contribution in [0.25, 0.3) is 0 Å². The van der Waals surface area contributed by atoms with E-state index >= 15 is 0 Å². The molecule has 0 aliphatic carbocycles. The fraction of sp³-hybridized carbons (Fsp3) is 0.939. The van der Waals surface area contributed by atoms with Crippen molar-refractivity contribution in [3.63, 3.8) is 0 Å². The minimum absolute atomic E-state index is 0.102. The van der Waals surface area contributed by atoms with E-state index in [4.69, 9.17) is 37.0 Å². The predicted molar refractivity (Wildman–Crippen MR) is 340 cm³/mol. The van der Waals surface area contributed by atoms with Gasteiger partial charge in [-0.3, -0.25) is 37.3 Å². The summed E-state index contributed by atoms with van der Waals surface area (Å²) in [4.78, 5) is 72.3. The maximum Gasteiger partial charge on any atom is 0.472 e. The summed E-state index contributed by atoms with van der Waals surface area (Å²) >= 11 is 0. The molecule has 0 rings (SSSR count). The van der Waals surface area contributed by atoms with Gasteiger partial charge in [-0.15, -0.1) is 0 Å². The number of aliphatic hydroxyl groups excluding tert-OH is 1. The molecule has 0 aliphatic rings. The average Bonchev–Trinajstić information content (AvgIpc) is 3.46. The Hall–Kier alpha value is -1.94. The van der Waals surface area contributed by atoms with Crippen molar-refractivity contribution in [2.24, 2.45) is 23.7 Å². The molecule has 0 saturated carbocycles. The summed E-state index contributed by atoms with van der Waals surface area (Å²) in [5.41, 5.74) is 0. The Labute approximate surface area is 517 Å². The summed E-state index contributed by atoms with van der Waals surface area (Å²) in [6.07, 6.45) is 36.4. The average molecular weight is 1260 g/mol. The van der Waals surface area contributed by atoms with Crippen LogP contribution < -0.4 is 0 Å². The monoisotopic (exact) mass is 1250 g/mol. The summed E-state index contributed by atoms with van der Waals surface area (Å²) in [7, 11) is -9.89. The van der Waals surface area contributed by atoms with E-state index in [-0.39, 0.29) is 25.7 Å². The van der Waals surface area contributed by atoms with Crippen molar-refractivity contribution >= 4 is 39.5 Å². The number of aliphatic hydroxyl groups is 1. The molecule has 0 heterocycles. The Kier molecular flexibility index (Phi) is 54.8. The standard InChI is InChI=1S/C66H128O17P2/c1-56(2)42-34-26-18-13-10-9-11-15-22-32-40-48-65(70)82-62(53-77-64(69)47-39-31-25-24-29-37-45-59(7)8)55-81-85(74,75)79-51-60(67)50-78-84(72,73)80-54-61(83-66(71)49-41-33-23-17-20-28-36-44-58(5)6)52-76-63(68)46-38-30-21-16-12-14-19-27-35-43-57(3)4/h56-62,67H,9-55H2,1-8H3,(H,72,73)(H,74,75)/t60-,61-,62-/m1/s1. The lowest BCUT2D eigenvalue weighted by Gasteiger charge is -2.21. The molecule has 0 aromatic rings. The molecule has 85 heavy (non-hydrogen) atoms. The minimum Gasteiger partial charge on any atom is -0.462 e. The number of esters is 4. The van der Waals surface area contributed by atoms with Crippen LogP contribution in [0.2, 0.25) is 0 Å². The Morgan fingerprint density at radius 3 is 0.729 bits per heavy atom. The van der Waals surface area contributed by atoms with Gasteiger partial charge in [0.15, 0.2) is 12.2 Å². The summed E-state index contributed by atoms with van der Waals surface area (Å²) in [5.74, 6) is 0.746. The van der Waals surface area contributed by atoms with Crippen LogP contribution in [0.1, 0.15) is 319 Å². The lowest BCUT2D eigenvalue weighted by atomic mass is 10.0. The summed E-state index contributed by atoms with van der Waals surface area (Å²) in [5, 5.41) is 10.5. The van der Waals surface area contributed by atoms with Crippen molar-refractivity contribution in [3.8, 4) is 0 Å². The highest BCUT2D eigenvalue weighted by Gasteiger charge is 2.30. The van der Waals surface area contributed by atoms with Crippen LogP contribution >= 0.6 is 15.6 Å². The summed E-state index contributed by atoms with van der Waals surface area (Å²) in [6.45, 7) is 13.9. The van der Waals surface area contributed by atoms with E-state index in [0.717, 1.165) is 108 Å². The van der Waals surface area contributed by atoms with Crippen LogP contribution in [0.4, 0.5) is 0 Å². The Bertz CT molecular complexity index is 1700. The number of hydrogen-bond acceptors (Lipinski definition) is 15. The van der Waals surface area contributed by atoms with Crippen molar-refractivity contribution in [3.05, 3.63) is 0 Å². The molecule has 0 aromatic heterocycles. The molecule has 0 aliphatic heterocycles. The van der Waals surface area contributed by atoms with Gasteiger partial charge in [-0.05, 0) is 49.4 Å². The number of ether oxygens (including phenoxy) is 4. The van der Waals surface area contributed by atoms with Gasteiger partial charge in [0.2, 0.25) is 0 Å². The number of phosphoric ester groups is 2. The maximum absolute atomic E-state index is 13.0. The molecule has 17 nitrogen and oxygen atoms in total. The molecule has 3 N–H and O–H groups in total. The fourth-order valence-corrected chi connectivity index (χ4v) is 11.4. The Balaban J connectivity index is 5.24. The molecule has 19 heteroatoms. The number of carbonyl (C=O) groups is 4. The van der Waals surface area contributed by atoms with E-state index in [9.17, 15) is 43.2 Å². The minimum atomic E-state index is -4.95. The molecular weight excluding hydrogens is 1130 g/mol. The number of carbonyl (C=O) groups excluding carboxylic acids is 4. The predicted octanol–water partition coefficient (Wildman–Crippen LogP) is 18.1. The second-order valence-electron chi connectivity index (χ2n) is 25.8. The van der Waals surface area contributed by atoms with Gasteiger partial charge in [-0.1, -0.05) is 267 Å². The van der Waals surface area contributed by atoms with Gasteiger partial charge in [-0.25, -0.2) is 9.13 Å². The number of hydrogen-bond donors (Lipinski definition) is 3. The van der Waals surface area contributed by atoms with Gasteiger partial charge in [-0.2, -0.15) is 0 Å². The Morgan fingerprint density at radius 1 is 0.294 bits per heavy atom. The molecule has 5 atom stereocenters. The van der Waals surface area contributed by atoms with Crippen LogP contribution in [-0.4, -0.2) is 96.7 Å². The van der Waals surface area contributed by atoms with Crippen molar-refractivity contribution in [1.29, 1.82) is 0 Å². The highest BCUT2D eigenvalue weighted by Crippen LogP contribution is 2.45. The van der Waals surface area contributed by atoms with Crippen LogP contribution in [0.3, 0.4) is 0 Å². The molecule has 0 amide bonds. The SMILES string of the molecule is CC(C)CCCCCCCCCCCCCC(=O)O[C@H](COC(=O)CCCCCCCCC(C)C)COP(=O)(O)OC[C@H](O)COP(=O)(O)OC[C@@H](COC(=O)CCCCCCCCCCCC(C)C)OC(=O)CCCCCCCCCC(C)C. The van der Waals surface area contributed by atoms with Gasteiger partial charge in [0.1, 0.15) is 19.3 Å². The van der Waals surface area contributed by atoms with E-state index in [1.807, 2.05) is 0 Å². The van der Waals surface area contributed by atoms with Crippen LogP contribution in [0.15, 0.2) is 0 Å². The molecule has 0 bridgehead atoms. The molecule has 0 aromatic carbocycles. The lowest BCUT2D eigenvalue weighted by Crippen LogP contribution is -2.30. The molecule has 0 fully saturated rings. The molecule has 0 spiro atoms. The van der Waals surface area contributed by atoms with Gasteiger partial charge in [0, 0.05) is 25.7 Å². The molecule has 504 valence electrons. The first-order valence-corrected chi connectivity index (χ1v) is 37.2. The third-order valence-electron chi connectivity index (χ3n) is 15.1. The second kappa shape index (κ2) is 56.1. The Morgan fingerprint density at radius 2 is 0.494 bits per heavy atom. The number of phosphoric acid groups is 2. The van der Waals surface area contributed by atoms with E-state index in [2.05, 4.69) is 55.4 Å². The van der Waals surface area contributed by atoms with Crippen LogP contribution in [0.5, 0.6) is 0 Å². The van der Waals surface area contributed by atoms with Gasteiger partial charge >= 0.3 is 39.5 Å². The molecule has 0 saturated heterocycles. The van der Waals surface area contributed by atoms with E-state index in [1.165, 1.54) is 116 Å². The van der Waals surface area contributed by atoms with E-state index in [0.29, 0.717) is 37.5 Å². The van der Waals surface area contributed by atoms with Crippen molar-refractivity contribution < 1.29 is 80.2 Å². The molecule has 0 radical (unpaired) electrons. The molecule has 2 unspecified atom stereocenters. The summed E-state index contributed by atoms with van der Waals surface area (Å²) in [6, 6.07) is 0. The smallest absolute Gasteiger partial charge is 0.462 e. The number of rotatable bonds is 63. The number of unbranched alkanes of at least 4 members (excludes halogenated alkanes) is 29. The van der Waals surface area contributed by atoms with Gasteiger partial charge in [0.05, 0.1) is 26.4 Å². The largest absolute Gasteiger partial charge is 0.472 e. The topological polar surface area (TPSA) is 237 Å². The lowest BCUT2D eigenvalue weighted by molar-refractivity contribution is -0.161. The van der Waals surface area contributed by atoms with Crippen molar-refractivity contribution in [1.82, 2.24) is 0 Å². The van der Waals surface area contributed by atoms with Crippen molar-refractivity contribution in [2.75, 3.05) is 39.6 Å². The quantitative estimate of drug-likeness (QED) is 0.0222. The summed E-state index contributed by atoms with van der Waals surface area (Å²) < 4.78 is 68.1. The third kappa shape index (κ3) is 60.7. The highest BCUT2D eigenvalue weighted by molar-refractivity contribution is 7.47. The first kappa shape index (κ1) is 83.1. The third-order valence-corrected chi connectivity index (χ3v) is 17.0. The van der Waals surface area contributed by atoms with Gasteiger partial charge < -0.3 is 33.8 Å². The van der Waals surface area contributed by atoms with Crippen LogP contribution in [0, 0.1) is 23.7 Å². The normalized spacial score (nSPS) is 14.4. The van der Waals surface area contributed by atoms with E-state index in [1.54, 1.807) is 0 Å². The molecular formula is C66H128O17P2. The highest BCUT2D eigenvalue weighted by atomic mass is 31.2. The zero-order chi connectivity index (χ0) is 63.2.